The smallest absolute Gasteiger partial charge is 0.0296 e. The maximum absolute atomic E-state index is 3.48. The summed E-state index contributed by atoms with van der Waals surface area (Å²) in [6, 6.07) is 0.644. The van der Waals surface area contributed by atoms with Crippen molar-refractivity contribution in [2.45, 2.75) is 32.1 Å². The van der Waals surface area contributed by atoms with Gasteiger partial charge in [0.05, 0.1) is 0 Å². The summed E-state index contributed by atoms with van der Waals surface area (Å²) >= 11 is 4.24. The summed E-state index contributed by atoms with van der Waals surface area (Å²) in [5.74, 6) is 3.97. The predicted molar refractivity (Wildman–Crippen MR) is 65.9 cm³/mol. The van der Waals surface area contributed by atoms with Gasteiger partial charge in [0.25, 0.3) is 0 Å². The summed E-state index contributed by atoms with van der Waals surface area (Å²) in [4.78, 5) is 0. The van der Waals surface area contributed by atoms with Crippen LogP contribution in [0.2, 0.25) is 0 Å². The van der Waals surface area contributed by atoms with E-state index >= 15 is 0 Å². The zero-order chi connectivity index (χ0) is 9.90. The topological polar surface area (TPSA) is 12.0 Å². The molecule has 1 N–H and O–H groups in total. The fraction of sp³-hybridized carbons (Fsp3) is 1.00. The molecule has 1 aliphatic rings. The van der Waals surface area contributed by atoms with E-state index in [4.69, 9.17) is 0 Å². The van der Waals surface area contributed by atoms with Crippen molar-refractivity contribution in [3.05, 3.63) is 0 Å². The molecular weight excluding hydrogens is 198 g/mol. The van der Waals surface area contributed by atoms with E-state index in [1.165, 1.54) is 17.3 Å². The summed E-state index contributed by atoms with van der Waals surface area (Å²) in [6.45, 7) is 6.98. The van der Waals surface area contributed by atoms with Crippen molar-refractivity contribution >= 4 is 23.5 Å². The molecule has 3 heteroatoms. The molecule has 1 fully saturated rings. The van der Waals surface area contributed by atoms with Gasteiger partial charge in [0, 0.05) is 28.6 Å². The van der Waals surface area contributed by atoms with Crippen LogP contribution in [-0.2, 0) is 0 Å². The Morgan fingerprint density at radius 1 is 1.31 bits per heavy atom. The number of hydrogen-bond donors (Lipinski definition) is 1. The van der Waals surface area contributed by atoms with Gasteiger partial charge in [-0.1, -0.05) is 20.8 Å². The van der Waals surface area contributed by atoms with Gasteiger partial charge in [-0.2, -0.15) is 23.5 Å². The molecule has 0 saturated carbocycles. The second-order valence-corrected chi connectivity index (χ2v) is 7.11. The average molecular weight is 219 g/mol. The highest BCUT2D eigenvalue weighted by Gasteiger charge is 2.32. The van der Waals surface area contributed by atoms with E-state index in [2.05, 4.69) is 56.7 Å². The standard InChI is InChI=1S/C10H21NS2/c1-10(2,3)9(11-4)8-7-12-5-6-13-8/h8-9,11H,5-7H2,1-4H3. The molecule has 0 aromatic heterocycles. The molecule has 0 radical (unpaired) electrons. The Morgan fingerprint density at radius 3 is 2.38 bits per heavy atom. The molecule has 2 atom stereocenters. The Morgan fingerprint density at radius 2 is 2.00 bits per heavy atom. The van der Waals surface area contributed by atoms with Gasteiger partial charge < -0.3 is 5.32 Å². The minimum Gasteiger partial charge on any atom is -0.315 e. The lowest BCUT2D eigenvalue weighted by atomic mass is 9.85. The van der Waals surface area contributed by atoms with E-state index in [0.29, 0.717) is 11.5 Å². The van der Waals surface area contributed by atoms with Crippen LogP contribution in [0, 0.1) is 5.41 Å². The van der Waals surface area contributed by atoms with Crippen LogP contribution < -0.4 is 5.32 Å². The maximum Gasteiger partial charge on any atom is 0.0296 e. The quantitative estimate of drug-likeness (QED) is 0.766. The van der Waals surface area contributed by atoms with Gasteiger partial charge in [-0.25, -0.2) is 0 Å². The molecule has 0 spiro atoms. The molecule has 78 valence electrons. The van der Waals surface area contributed by atoms with Crippen molar-refractivity contribution in [2.24, 2.45) is 5.41 Å². The average Bonchev–Trinajstić information content (AvgIpc) is 2.05. The minimum atomic E-state index is 0.379. The van der Waals surface area contributed by atoms with E-state index in [9.17, 15) is 0 Å². The summed E-state index contributed by atoms with van der Waals surface area (Å²) in [6.07, 6.45) is 0. The van der Waals surface area contributed by atoms with Crippen LogP contribution in [0.15, 0.2) is 0 Å². The number of nitrogens with one attached hydrogen (secondary N) is 1. The highest BCUT2D eigenvalue weighted by atomic mass is 32.2. The Bertz CT molecular complexity index is 147. The molecule has 0 bridgehead atoms. The van der Waals surface area contributed by atoms with Crippen molar-refractivity contribution in [3.63, 3.8) is 0 Å². The van der Waals surface area contributed by atoms with E-state index in [1.807, 2.05) is 0 Å². The molecule has 0 aliphatic carbocycles. The van der Waals surface area contributed by atoms with E-state index in [1.54, 1.807) is 0 Å². The molecule has 1 saturated heterocycles. The Hall–Kier alpha value is 0.660. The molecule has 13 heavy (non-hydrogen) atoms. The molecule has 1 aliphatic heterocycles. The first-order valence-electron chi connectivity index (χ1n) is 4.92. The zero-order valence-corrected chi connectivity index (χ0v) is 10.7. The first-order valence-corrected chi connectivity index (χ1v) is 7.12. The zero-order valence-electron chi connectivity index (χ0n) is 9.09. The van der Waals surface area contributed by atoms with Gasteiger partial charge in [-0.05, 0) is 12.5 Å². The lowest BCUT2D eigenvalue weighted by Crippen LogP contribution is -2.47. The molecule has 1 rings (SSSR count). The summed E-state index contributed by atoms with van der Waals surface area (Å²) < 4.78 is 0. The van der Waals surface area contributed by atoms with Crippen molar-refractivity contribution in [1.82, 2.24) is 5.32 Å². The first-order chi connectivity index (χ1) is 6.05. The fourth-order valence-electron chi connectivity index (χ4n) is 1.88. The van der Waals surface area contributed by atoms with Crippen molar-refractivity contribution in [1.29, 1.82) is 0 Å². The summed E-state index contributed by atoms with van der Waals surface area (Å²) in [5, 5.41) is 4.27. The van der Waals surface area contributed by atoms with Crippen molar-refractivity contribution in [2.75, 3.05) is 24.3 Å². The maximum atomic E-state index is 3.48. The molecule has 0 amide bonds. The summed E-state index contributed by atoms with van der Waals surface area (Å²) in [7, 11) is 2.09. The van der Waals surface area contributed by atoms with Crippen LogP contribution in [0.5, 0.6) is 0 Å². The van der Waals surface area contributed by atoms with Crippen molar-refractivity contribution < 1.29 is 0 Å². The van der Waals surface area contributed by atoms with Gasteiger partial charge in [0.2, 0.25) is 0 Å². The van der Waals surface area contributed by atoms with Crippen LogP contribution in [0.25, 0.3) is 0 Å². The highest BCUT2D eigenvalue weighted by molar-refractivity contribution is 8.06. The van der Waals surface area contributed by atoms with Gasteiger partial charge >= 0.3 is 0 Å². The van der Waals surface area contributed by atoms with E-state index in [-0.39, 0.29) is 0 Å². The summed E-state index contributed by atoms with van der Waals surface area (Å²) in [5.41, 5.74) is 0.379. The number of hydrogen-bond acceptors (Lipinski definition) is 3. The third-order valence-corrected chi connectivity index (χ3v) is 5.32. The fourth-order valence-corrected chi connectivity index (χ4v) is 5.04. The molecule has 0 aromatic rings. The first kappa shape index (κ1) is 11.7. The van der Waals surface area contributed by atoms with Gasteiger partial charge in [0.1, 0.15) is 0 Å². The molecule has 1 nitrogen and oxygen atoms in total. The largest absolute Gasteiger partial charge is 0.315 e. The second-order valence-electron chi connectivity index (χ2n) is 4.62. The number of thioether (sulfide) groups is 2. The minimum absolute atomic E-state index is 0.379. The van der Waals surface area contributed by atoms with Gasteiger partial charge in [0.15, 0.2) is 0 Å². The molecule has 2 unspecified atom stereocenters. The molecule has 0 aromatic carbocycles. The lowest BCUT2D eigenvalue weighted by molar-refractivity contribution is 0.281. The lowest BCUT2D eigenvalue weighted by Gasteiger charge is -2.38. The monoisotopic (exact) mass is 219 g/mol. The van der Waals surface area contributed by atoms with Crippen molar-refractivity contribution in [3.8, 4) is 0 Å². The number of rotatable bonds is 2. The van der Waals surface area contributed by atoms with Crippen LogP contribution in [0.1, 0.15) is 20.8 Å². The second kappa shape index (κ2) is 4.94. The normalized spacial score (nSPS) is 27.2. The SMILES string of the molecule is CNC(C1CSCCS1)C(C)(C)C. The third-order valence-electron chi connectivity index (χ3n) is 2.46. The van der Waals surface area contributed by atoms with Crippen LogP contribution in [-0.4, -0.2) is 35.6 Å². The van der Waals surface area contributed by atoms with E-state index in [0.717, 1.165) is 5.25 Å². The Labute approximate surface area is 90.8 Å². The molecule has 1 heterocycles. The Balaban J connectivity index is 2.54. The highest BCUT2D eigenvalue weighted by Crippen LogP contribution is 2.33. The van der Waals surface area contributed by atoms with E-state index < -0.39 is 0 Å². The predicted octanol–water partition coefficient (Wildman–Crippen LogP) is 2.47. The van der Waals surface area contributed by atoms with Crippen LogP contribution in [0.4, 0.5) is 0 Å². The van der Waals surface area contributed by atoms with Gasteiger partial charge in [-0.15, -0.1) is 0 Å². The Kier molecular flexibility index (Phi) is 4.46. The molecular formula is C10H21NS2. The van der Waals surface area contributed by atoms with Crippen LogP contribution in [0.3, 0.4) is 0 Å². The van der Waals surface area contributed by atoms with Gasteiger partial charge in [-0.3, -0.25) is 0 Å². The third kappa shape index (κ3) is 3.37. The van der Waals surface area contributed by atoms with Crippen LogP contribution >= 0.6 is 23.5 Å².